The number of rotatable bonds is 8. The van der Waals surface area contributed by atoms with Gasteiger partial charge < -0.3 is 10.1 Å². The summed E-state index contributed by atoms with van der Waals surface area (Å²) < 4.78 is 5.54. The van der Waals surface area contributed by atoms with Gasteiger partial charge in [-0.05, 0) is 18.5 Å². The summed E-state index contributed by atoms with van der Waals surface area (Å²) >= 11 is 11.1. The molecule has 94 valence electrons. The maximum absolute atomic E-state index is 5.72. The zero-order valence-corrected chi connectivity index (χ0v) is 11.2. The molecular formula is C13H17Cl2NO. The lowest BCUT2D eigenvalue weighted by Gasteiger charge is -2.05. The highest BCUT2D eigenvalue weighted by Crippen LogP contribution is 2.01. The van der Waals surface area contributed by atoms with E-state index in [0.29, 0.717) is 18.2 Å². The number of hydrogen-bond acceptors (Lipinski definition) is 2. The Bertz CT molecular complexity index is 327. The molecule has 0 unspecified atom stereocenters. The normalized spacial score (nSPS) is 11.8. The first kappa shape index (κ1) is 14.5. The van der Waals surface area contributed by atoms with E-state index >= 15 is 0 Å². The third-order valence-corrected chi connectivity index (χ3v) is 2.78. The lowest BCUT2D eigenvalue weighted by Crippen LogP contribution is -2.18. The smallest absolute Gasteiger partial charge is 0.0716 e. The molecule has 0 aliphatic carbocycles. The molecule has 4 heteroatoms. The average Bonchev–Trinajstić information content (AvgIpc) is 2.38. The zero-order valence-electron chi connectivity index (χ0n) is 9.66. The van der Waals surface area contributed by atoms with Crippen molar-refractivity contribution in [2.75, 3.05) is 19.7 Å². The van der Waals surface area contributed by atoms with Crippen LogP contribution in [0, 0.1) is 0 Å². The Morgan fingerprint density at radius 2 is 2.06 bits per heavy atom. The Kier molecular flexibility index (Phi) is 8.10. The summed E-state index contributed by atoms with van der Waals surface area (Å²) in [6, 6.07) is 10.1. The molecule has 0 saturated heterocycles. The molecule has 0 saturated carbocycles. The Labute approximate surface area is 113 Å². The maximum Gasteiger partial charge on any atom is 0.0716 e. The van der Waals surface area contributed by atoms with Crippen molar-refractivity contribution in [1.82, 2.24) is 5.32 Å². The van der Waals surface area contributed by atoms with Gasteiger partial charge in [0.2, 0.25) is 0 Å². The summed E-state index contributed by atoms with van der Waals surface area (Å²) in [5, 5.41) is 3.79. The molecule has 1 aromatic rings. The topological polar surface area (TPSA) is 21.3 Å². The van der Waals surface area contributed by atoms with Gasteiger partial charge in [0, 0.05) is 23.7 Å². The van der Waals surface area contributed by atoms with Gasteiger partial charge in [0.15, 0.2) is 0 Å². The highest BCUT2D eigenvalue weighted by atomic mass is 35.5. The third-order valence-electron chi connectivity index (χ3n) is 2.17. The summed E-state index contributed by atoms with van der Waals surface area (Å²) in [7, 11) is 0. The minimum Gasteiger partial charge on any atom is -0.377 e. The zero-order chi connectivity index (χ0) is 12.3. The fourth-order valence-corrected chi connectivity index (χ4v) is 1.48. The van der Waals surface area contributed by atoms with Crippen LogP contribution in [0.2, 0.25) is 0 Å². The number of hydrogen-bond donors (Lipinski definition) is 1. The van der Waals surface area contributed by atoms with Crippen molar-refractivity contribution < 1.29 is 4.74 Å². The summed E-state index contributed by atoms with van der Waals surface area (Å²) in [5.41, 5.74) is 2.58. The Morgan fingerprint density at radius 3 is 2.76 bits per heavy atom. The van der Waals surface area contributed by atoms with Crippen LogP contribution < -0.4 is 5.32 Å². The van der Waals surface area contributed by atoms with E-state index in [4.69, 9.17) is 27.9 Å². The lowest BCUT2D eigenvalue weighted by atomic mass is 10.2. The van der Waals surface area contributed by atoms with Crippen LogP contribution in [-0.2, 0) is 11.3 Å². The van der Waals surface area contributed by atoms with Gasteiger partial charge in [0.1, 0.15) is 0 Å². The van der Waals surface area contributed by atoms with Gasteiger partial charge in [-0.1, -0.05) is 53.5 Å². The van der Waals surface area contributed by atoms with Gasteiger partial charge in [-0.25, -0.2) is 0 Å². The fourth-order valence-electron chi connectivity index (χ4n) is 1.31. The van der Waals surface area contributed by atoms with Crippen LogP contribution in [-0.4, -0.2) is 19.7 Å². The van der Waals surface area contributed by atoms with Gasteiger partial charge in [-0.15, -0.1) is 0 Å². The van der Waals surface area contributed by atoms with Crippen LogP contribution in [0.3, 0.4) is 0 Å². The first-order valence-corrected chi connectivity index (χ1v) is 6.41. The molecule has 17 heavy (non-hydrogen) atoms. The van der Waals surface area contributed by atoms with Crippen LogP contribution in [0.5, 0.6) is 0 Å². The third kappa shape index (κ3) is 7.40. The molecule has 0 heterocycles. The van der Waals surface area contributed by atoms with Crippen molar-refractivity contribution in [3.05, 3.63) is 46.5 Å². The number of ether oxygens (including phenoxy) is 1. The fraction of sp³-hybridized carbons (Fsp3) is 0.385. The van der Waals surface area contributed by atoms with E-state index in [1.807, 2.05) is 18.2 Å². The van der Waals surface area contributed by atoms with Crippen molar-refractivity contribution in [1.29, 1.82) is 0 Å². The molecule has 0 aliphatic rings. The second kappa shape index (κ2) is 9.49. The lowest BCUT2D eigenvalue weighted by molar-refractivity contribution is 0.118. The average molecular weight is 274 g/mol. The van der Waals surface area contributed by atoms with Crippen molar-refractivity contribution >= 4 is 23.2 Å². The molecule has 0 amide bonds. The van der Waals surface area contributed by atoms with E-state index in [0.717, 1.165) is 19.6 Å². The van der Waals surface area contributed by atoms with Gasteiger partial charge in [0.25, 0.3) is 0 Å². The standard InChI is InChI=1S/C13H17Cl2NO/c14-9-13(15)10-16-7-4-8-17-11-12-5-2-1-3-6-12/h1-3,5-6,9,16H,4,7-8,10-11H2/b13-9+. The van der Waals surface area contributed by atoms with Crippen molar-refractivity contribution in [3.63, 3.8) is 0 Å². The summed E-state index contributed by atoms with van der Waals surface area (Å²) in [4.78, 5) is 0. The second-order valence-corrected chi connectivity index (χ2v) is 4.33. The molecule has 0 aliphatic heterocycles. The van der Waals surface area contributed by atoms with E-state index in [2.05, 4.69) is 17.4 Å². The van der Waals surface area contributed by atoms with E-state index in [9.17, 15) is 0 Å². The quantitative estimate of drug-likeness (QED) is 0.732. The van der Waals surface area contributed by atoms with Gasteiger partial charge >= 0.3 is 0 Å². The van der Waals surface area contributed by atoms with Crippen LogP contribution in [0.15, 0.2) is 40.9 Å². The van der Waals surface area contributed by atoms with Gasteiger partial charge in [0.05, 0.1) is 6.61 Å². The Morgan fingerprint density at radius 1 is 1.29 bits per heavy atom. The van der Waals surface area contributed by atoms with Gasteiger partial charge in [-0.3, -0.25) is 0 Å². The van der Waals surface area contributed by atoms with E-state index in [-0.39, 0.29) is 0 Å². The molecule has 1 aromatic carbocycles. The van der Waals surface area contributed by atoms with E-state index in [1.54, 1.807) is 0 Å². The van der Waals surface area contributed by atoms with Crippen LogP contribution in [0.25, 0.3) is 0 Å². The highest BCUT2D eigenvalue weighted by Gasteiger charge is 1.93. The molecule has 1 N–H and O–H groups in total. The Balaban J connectivity index is 1.95. The second-order valence-electron chi connectivity index (χ2n) is 3.62. The molecule has 2 nitrogen and oxygen atoms in total. The molecule has 0 radical (unpaired) electrons. The largest absolute Gasteiger partial charge is 0.377 e. The van der Waals surface area contributed by atoms with Crippen molar-refractivity contribution in [2.24, 2.45) is 0 Å². The number of benzene rings is 1. The summed E-state index contributed by atoms with van der Waals surface area (Å²) in [5.74, 6) is 0. The van der Waals surface area contributed by atoms with Crippen molar-refractivity contribution in [2.45, 2.75) is 13.0 Å². The molecule has 1 rings (SSSR count). The Hall–Kier alpha value is -0.540. The SMILES string of the molecule is Cl/C=C(/Cl)CNCCCOCc1ccccc1. The first-order valence-electron chi connectivity index (χ1n) is 5.60. The predicted octanol–water partition coefficient (Wildman–Crippen LogP) is 3.50. The molecular weight excluding hydrogens is 257 g/mol. The van der Waals surface area contributed by atoms with Crippen molar-refractivity contribution in [3.8, 4) is 0 Å². The summed E-state index contributed by atoms with van der Waals surface area (Å²) in [6.07, 6.45) is 0.958. The molecule has 0 spiro atoms. The number of nitrogens with one attached hydrogen (secondary N) is 1. The molecule has 0 aromatic heterocycles. The molecule has 0 bridgehead atoms. The minimum atomic E-state index is 0.615. The highest BCUT2D eigenvalue weighted by molar-refractivity contribution is 6.36. The first-order chi connectivity index (χ1) is 8.33. The molecule has 0 atom stereocenters. The van der Waals surface area contributed by atoms with Crippen LogP contribution >= 0.6 is 23.2 Å². The molecule has 0 fully saturated rings. The number of halogens is 2. The van der Waals surface area contributed by atoms with Crippen LogP contribution in [0.4, 0.5) is 0 Å². The minimum absolute atomic E-state index is 0.615. The van der Waals surface area contributed by atoms with E-state index < -0.39 is 0 Å². The summed E-state index contributed by atoms with van der Waals surface area (Å²) in [6.45, 7) is 2.90. The maximum atomic E-state index is 5.72. The predicted molar refractivity (Wildman–Crippen MR) is 73.4 cm³/mol. The van der Waals surface area contributed by atoms with Crippen LogP contribution in [0.1, 0.15) is 12.0 Å². The van der Waals surface area contributed by atoms with Gasteiger partial charge in [-0.2, -0.15) is 0 Å². The van der Waals surface area contributed by atoms with E-state index in [1.165, 1.54) is 11.1 Å². The monoisotopic (exact) mass is 273 g/mol.